The van der Waals surface area contributed by atoms with Gasteiger partial charge in [-0.1, -0.05) is 12.1 Å². The van der Waals surface area contributed by atoms with Gasteiger partial charge in [-0.15, -0.1) is 39.5 Å². The molecule has 342 valence electrons. The first-order chi connectivity index (χ1) is 27.2. The molecule has 2 N–H and O–H groups in total. The molecule has 3 aromatic carbocycles. The van der Waals surface area contributed by atoms with Crippen molar-refractivity contribution in [2.45, 2.75) is 58.4 Å². The van der Waals surface area contributed by atoms with E-state index in [0.29, 0.717) is 36.4 Å². The molecule has 0 aliphatic heterocycles. The van der Waals surface area contributed by atoms with E-state index in [9.17, 15) is 93.4 Å². The number of nitrogens with zero attached hydrogens (tertiary/aromatic N) is 2. The minimum atomic E-state index is -5.31. The van der Waals surface area contributed by atoms with Crippen molar-refractivity contribution in [3.8, 4) is 11.5 Å². The minimum Gasteiger partial charge on any atom is -0.404 e. The Morgan fingerprint density at radius 2 is 1.03 bits per heavy atom. The molecule has 0 bridgehead atoms. The highest BCUT2D eigenvalue weighted by Crippen LogP contribution is 2.43. The molecule has 0 radical (unpaired) electrons. The van der Waals surface area contributed by atoms with Crippen molar-refractivity contribution in [3.63, 3.8) is 0 Å². The molecule has 0 aromatic heterocycles. The first-order valence-corrected chi connectivity index (χ1v) is 15.0. The van der Waals surface area contributed by atoms with Gasteiger partial charge >= 0.3 is 37.6 Å². The summed E-state index contributed by atoms with van der Waals surface area (Å²) in [6.07, 6.45) is -30.1. The van der Waals surface area contributed by atoms with Crippen molar-refractivity contribution in [2.24, 2.45) is 0 Å². The minimum absolute atomic E-state index is 0.255. The summed E-state index contributed by atoms with van der Waals surface area (Å²) < 4.78 is 228. The summed E-state index contributed by atoms with van der Waals surface area (Å²) in [6, 6.07) is 6.23. The summed E-state index contributed by atoms with van der Waals surface area (Å²) in [5.74, 6) is -5.28. The van der Waals surface area contributed by atoms with Gasteiger partial charge in [-0.3, -0.25) is 24.5 Å². The normalized spacial score (nSPS) is 11.8. The van der Waals surface area contributed by atoms with Crippen molar-refractivity contribution < 1.29 is 113 Å². The summed E-state index contributed by atoms with van der Waals surface area (Å²) in [4.78, 5) is 44.2. The predicted molar refractivity (Wildman–Crippen MR) is 170 cm³/mol. The van der Waals surface area contributed by atoms with Gasteiger partial charge in [-0.05, 0) is 48.5 Å². The predicted octanol–water partition coefficient (Wildman–Crippen LogP) is 10.5. The number of alkyl halides is 18. The fourth-order valence-electron chi connectivity index (χ4n) is 3.69. The van der Waals surface area contributed by atoms with Gasteiger partial charge < -0.3 is 20.1 Å². The number of amides is 3. The smallest absolute Gasteiger partial charge is 0.404 e. The van der Waals surface area contributed by atoms with Gasteiger partial charge in [0.05, 0.1) is 28.2 Å². The first kappa shape index (κ1) is 54.8. The van der Waals surface area contributed by atoms with Gasteiger partial charge in [0.2, 0.25) is 17.7 Å². The maximum atomic E-state index is 12.6. The number of para-hydroxylation sites is 1. The van der Waals surface area contributed by atoms with Crippen LogP contribution in [0.15, 0.2) is 60.7 Å². The van der Waals surface area contributed by atoms with Crippen LogP contribution in [0.25, 0.3) is 0 Å². The van der Waals surface area contributed by atoms with E-state index in [0.717, 1.165) is 52.1 Å². The monoisotopic (exact) mass is 922 g/mol. The van der Waals surface area contributed by atoms with E-state index in [1.54, 1.807) is 0 Å². The Kier molecular flexibility index (Phi) is 19.2. The third-order valence-corrected chi connectivity index (χ3v) is 5.58. The number of hydrogen-bond donors (Lipinski definition) is 2. The number of halogens is 18. The molecule has 0 heterocycles. The Balaban J connectivity index is 0.000000846. The number of carbonyl (C=O) groups is 3. The number of carbonyl (C=O) groups excluding carboxylic acids is 3. The lowest BCUT2D eigenvalue weighted by atomic mass is 10.1. The van der Waals surface area contributed by atoms with Crippen LogP contribution in [0.5, 0.6) is 11.5 Å². The van der Waals surface area contributed by atoms with E-state index in [2.05, 4.69) is 14.3 Å². The van der Waals surface area contributed by atoms with Crippen molar-refractivity contribution in [3.05, 3.63) is 87.5 Å². The van der Waals surface area contributed by atoms with Gasteiger partial charge in [-0.2, -0.15) is 49.4 Å². The molecule has 0 atom stereocenters. The fraction of sp³-hybridized carbons (Fsp3) is 0.323. The molecular weight excluding hydrogens is 898 g/mol. The zero-order valence-electron chi connectivity index (χ0n) is 30.2. The van der Waals surface area contributed by atoms with E-state index in [1.807, 2.05) is 10.6 Å². The van der Waals surface area contributed by atoms with E-state index in [4.69, 9.17) is 10.1 Å². The molecule has 0 aliphatic rings. The van der Waals surface area contributed by atoms with Crippen LogP contribution in [0.4, 0.5) is 96.1 Å². The molecule has 0 saturated heterocycles. The average molecular weight is 923 g/mol. The Morgan fingerprint density at radius 3 is 1.43 bits per heavy atom. The molecule has 0 saturated carbocycles. The van der Waals surface area contributed by atoms with E-state index in [1.165, 1.54) is 0 Å². The van der Waals surface area contributed by atoms with Crippen LogP contribution in [-0.4, -0.2) is 48.8 Å². The topological polar surface area (TPSA) is 149 Å². The second-order valence-electron chi connectivity index (χ2n) is 10.7. The Labute approximate surface area is 328 Å². The van der Waals surface area contributed by atoms with Crippen LogP contribution in [-0.2, 0) is 37.8 Å². The quantitative estimate of drug-likeness (QED) is 0.141. The Hall–Kier alpha value is -6.23. The summed E-state index contributed by atoms with van der Waals surface area (Å²) in [5, 5.41) is 12.2. The third kappa shape index (κ3) is 22.6. The standard InChI is InChI=1S/3C10H7F6NO2.CH3NO2/c1-5(18)17-7-4-6(9(11,12)13)2-3-8(7)19-10(14,15)16;1-6(18)17(19-10(14,15)16)8-4-2-3-7(5-8)9(11,12)13;1-5(18)17-7-4-2-3-6(9(11,12)13)8(7)19-10(14,15)16;1-2(3)4/h2-4H,1H3,(H,17,18);2-5H,1H3;2-4H,1H3,(H,17,18);1H3. The zero-order valence-corrected chi connectivity index (χ0v) is 30.2. The summed E-state index contributed by atoms with van der Waals surface area (Å²) in [6.45, 7) is 2.61. The van der Waals surface area contributed by atoms with Gasteiger partial charge in [0.15, 0.2) is 18.5 Å². The van der Waals surface area contributed by atoms with Crippen LogP contribution >= 0.6 is 0 Å². The highest BCUT2D eigenvalue weighted by atomic mass is 19.4. The third-order valence-electron chi connectivity index (χ3n) is 5.58. The number of benzene rings is 3. The number of ether oxygens (including phenoxy) is 2. The maximum absolute atomic E-state index is 12.6. The lowest BCUT2D eigenvalue weighted by Crippen LogP contribution is -2.35. The molecule has 12 nitrogen and oxygen atoms in total. The summed E-state index contributed by atoms with van der Waals surface area (Å²) >= 11 is 0. The molecule has 3 aromatic rings. The molecule has 3 rings (SSSR count). The van der Waals surface area contributed by atoms with Crippen LogP contribution in [0.2, 0.25) is 0 Å². The Morgan fingerprint density at radius 1 is 0.590 bits per heavy atom. The van der Waals surface area contributed by atoms with E-state index >= 15 is 0 Å². The number of hydroxylamine groups is 1. The number of nitrogens with one attached hydrogen (secondary N) is 2. The second kappa shape index (κ2) is 21.3. The molecule has 30 heteroatoms. The molecule has 0 fully saturated rings. The highest BCUT2D eigenvalue weighted by Gasteiger charge is 2.41. The number of rotatable bonds is 6. The van der Waals surface area contributed by atoms with Crippen LogP contribution in [0, 0.1) is 10.1 Å². The van der Waals surface area contributed by atoms with E-state index < -0.39 is 106 Å². The van der Waals surface area contributed by atoms with Crippen molar-refractivity contribution in [1.82, 2.24) is 0 Å². The average Bonchev–Trinajstić information content (AvgIpc) is 3.02. The molecule has 0 aliphatic carbocycles. The van der Waals surface area contributed by atoms with Gasteiger partial charge in [0.25, 0.3) is 0 Å². The molecular formula is C31H24F18N4O8. The first-order valence-electron chi connectivity index (χ1n) is 15.0. The summed E-state index contributed by atoms with van der Waals surface area (Å²) in [7, 11) is 0.889. The van der Waals surface area contributed by atoms with Crippen molar-refractivity contribution >= 4 is 34.8 Å². The number of anilines is 3. The van der Waals surface area contributed by atoms with E-state index in [-0.39, 0.29) is 5.06 Å². The zero-order chi connectivity index (χ0) is 48.1. The van der Waals surface area contributed by atoms with Crippen LogP contribution < -0.4 is 25.2 Å². The molecule has 3 amide bonds. The highest BCUT2D eigenvalue weighted by molar-refractivity contribution is 5.91. The molecule has 0 spiro atoms. The second-order valence-corrected chi connectivity index (χ2v) is 10.7. The molecule has 0 unspecified atom stereocenters. The lowest BCUT2D eigenvalue weighted by Gasteiger charge is -2.22. The van der Waals surface area contributed by atoms with Gasteiger partial charge in [0.1, 0.15) is 5.56 Å². The fourth-order valence-corrected chi connectivity index (χ4v) is 3.69. The SMILES string of the molecule is CC(=O)N(OC(F)(F)F)c1cccc(C(F)(F)F)c1.CC(=O)Nc1cc(C(F)(F)F)ccc1OC(F)(F)F.CC(=O)Nc1cccc(C(F)(F)F)c1OC(F)(F)F.C[N+](=O)[O-]. The van der Waals surface area contributed by atoms with Gasteiger partial charge in [-0.25, -0.2) is 0 Å². The van der Waals surface area contributed by atoms with Crippen molar-refractivity contribution in [1.29, 1.82) is 0 Å². The van der Waals surface area contributed by atoms with Crippen LogP contribution in [0.1, 0.15) is 37.5 Å². The summed E-state index contributed by atoms with van der Waals surface area (Å²) in [5.41, 5.74) is -6.11. The number of nitro groups is 1. The molecule has 61 heavy (non-hydrogen) atoms. The Bertz CT molecular complexity index is 1940. The lowest BCUT2D eigenvalue weighted by molar-refractivity contribution is -0.445. The number of hydrogen-bond acceptors (Lipinski definition) is 8. The largest absolute Gasteiger partial charge is 0.573 e. The maximum Gasteiger partial charge on any atom is 0.573 e. The van der Waals surface area contributed by atoms with Gasteiger partial charge in [0, 0.05) is 25.7 Å². The van der Waals surface area contributed by atoms with Crippen LogP contribution in [0.3, 0.4) is 0 Å². The van der Waals surface area contributed by atoms with Crippen molar-refractivity contribution in [2.75, 3.05) is 22.7 Å².